The molecule has 0 heterocycles. The van der Waals surface area contributed by atoms with E-state index in [2.05, 4.69) is 39.5 Å². The van der Waals surface area contributed by atoms with E-state index in [0.717, 1.165) is 6.42 Å². The van der Waals surface area contributed by atoms with Gasteiger partial charge in [-0.1, -0.05) is 18.8 Å². The van der Waals surface area contributed by atoms with Gasteiger partial charge in [0.2, 0.25) is 0 Å². The molecule has 0 aromatic heterocycles. The van der Waals surface area contributed by atoms with E-state index in [4.69, 9.17) is 0 Å². The summed E-state index contributed by atoms with van der Waals surface area (Å²) in [6, 6.07) is 0. The second-order valence-corrected chi connectivity index (χ2v) is 5.01. The highest BCUT2D eigenvalue weighted by atomic mass is 16.1. The van der Waals surface area contributed by atoms with Gasteiger partial charge in [0.15, 0.2) is 0 Å². The normalized spacial score (nSPS) is 26.2. The second-order valence-electron chi connectivity index (χ2n) is 5.01. The topological polar surface area (TPSA) is 17.1 Å². The number of hydrogen-bond acceptors (Lipinski definition) is 1. The number of rotatable bonds is 2. The predicted molar refractivity (Wildman–Crippen MR) is 54.1 cm³/mol. The zero-order valence-corrected chi connectivity index (χ0v) is 8.98. The van der Waals surface area contributed by atoms with Crippen molar-refractivity contribution >= 4 is 5.78 Å². The second kappa shape index (κ2) is 3.54. The number of ketones is 1. The number of hydrogen-bond donors (Lipinski definition) is 0. The Morgan fingerprint density at radius 1 is 1.46 bits per heavy atom. The lowest BCUT2D eigenvalue weighted by Gasteiger charge is -2.06. The van der Waals surface area contributed by atoms with Crippen molar-refractivity contribution in [1.82, 2.24) is 0 Å². The molecule has 2 atom stereocenters. The molecule has 0 spiro atoms. The van der Waals surface area contributed by atoms with Gasteiger partial charge >= 0.3 is 0 Å². The van der Waals surface area contributed by atoms with Crippen molar-refractivity contribution in [3.8, 4) is 11.8 Å². The minimum absolute atomic E-state index is 0.0233. The van der Waals surface area contributed by atoms with Gasteiger partial charge in [-0.25, -0.2) is 0 Å². The first kappa shape index (κ1) is 10.3. The zero-order valence-electron chi connectivity index (χ0n) is 8.98. The summed E-state index contributed by atoms with van der Waals surface area (Å²) in [6.45, 7) is 8.30. The first-order valence-electron chi connectivity index (χ1n) is 4.93. The van der Waals surface area contributed by atoms with Gasteiger partial charge in [-0.2, -0.15) is 0 Å². The van der Waals surface area contributed by atoms with Crippen molar-refractivity contribution < 1.29 is 4.79 Å². The fraction of sp³-hybridized carbons (Fsp3) is 0.750. The SMILES string of the molecule is CC1CC1C(=O)CC#CC(C)(C)C. The molecule has 0 aromatic carbocycles. The van der Waals surface area contributed by atoms with Crippen LogP contribution in [0.15, 0.2) is 0 Å². The summed E-state index contributed by atoms with van der Waals surface area (Å²) < 4.78 is 0. The summed E-state index contributed by atoms with van der Waals surface area (Å²) in [4.78, 5) is 11.4. The Morgan fingerprint density at radius 3 is 2.38 bits per heavy atom. The highest BCUT2D eigenvalue weighted by Crippen LogP contribution is 2.38. The number of carbonyl (C=O) groups is 1. The maximum Gasteiger partial charge on any atom is 0.148 e. The molecule has 0 N–H and O–H groups in total. The third-order valence-electron chi connectivity index (χ3n) is 2.25. The van der Waals surface area contributed by atoms with E-state index < -0.39 is 0 Å². The summed E-state index contributed by atoms with van der Waals surface area (Å²) in [5, 5.41) is 0. The molecule has 1 rings (SSSR count). The van der Waals surface area contributed by atoms with Gasteiger partial charge in [-0.05, 0) is 33.1 Å². The molecule has 1 saturated carbocycles. The van der Waals surface area contributed by atoms with E-state index in [9.17, 15) is 4.79 Å². The fourth-order valence-electron chi connectivity index (χ4n) is 1.30. The molecule has 0 aliphatic heterocycles. The molecule has 0 saturated heterocycles. The van der Waals surface area contributed by atoms with Crippen LogP contribution in [-0.4, -0.2) is 5.78 Å². The molecule has 0 aromatic rings. The first-order valence-corrected chi connectivity index (χ1v) is 4.93. The molecular weight excluding hydrogens is 160 g/mol. The average Bonchev–Trinajstić information content (AvgIpc) is 2.63. The third kappa shape index (κ3) is 3.63. The van der Waals surface area contributed by atoms with Crippen LogP contribution in [0.25, 0.3) is 0 Å². The maximum atomic E-state index is 11.4. The van der Waals surface area contributed by atoms with Crippen molar-refractivity contribution in [2.75, 3.05) is 0 Å². The molecule has 0 radical (unpaired) electrons. The maximum absolute atomic E-state index is 11.4. The third-order valence-corrected chi connectivity index (χ3v) is 2.25. The van der Waals surface area contributed by atoms with Crippen LogP contribution in [-0.2, 0) is 4.79 Å². The van der Waals surface area contributed by atoms with Crippen LogP contribution < -0.4 is 0 Å². The molecule has 72 valence electrons. The molecule has 13 heavy (non-hydrogen) atoms. The predicted octanol–water partition coefficient (Wildman–Crippen LogP) is 2.65. The minimum Gasteiger partial charge on any atom is -0.298 e. The summed E-state index contributed by atoms with van der Waals surface area (Å²) in [6.07, 6.45) is 1.53. The molecule has 0 amide bonds. The Labute approximate surface area is 80.9 Å². The molecule has 1 nitrogen and oxygen atoms in total. The lowest BCUT2D eigenvalue weighted by atomic mass is 9.97. The lowest BCUT2D eigenvalue weighted by Crippen LogP contribution is -2.02. The number of Topliss-reactive ketones (excluding diaryl/α,β-unsaturated/α-hetero) is 1. The summed E-state index contributed by atoms with van der Waals surface area (Å²) in [7, 11) is 0. The smallest absolute Gasteiger partial charge is 0.148 e. The van der Waals surface area contributed by atoms with Crippen LogP contribution in [0, 0.1) is 29.1 Å². The van der Waals surface area contributed by atoms with E-state index in [-0.39, 0.29) is 5.41 Å². The van der Waals surface area contributed by atoms with Gasteiger partial charge in [0.25, 0.3) is 0 Å². The van der Waals surface area contributed by atoms with Crippen LogP contribution in [0.5, 0.6) is 0 Å². The van der Waals surface area contributed by atoms with E-state index in [1.165, 1.54) is 0 Å². The van der Waals surface area contributed by atoms with Crippen molar-refractivity contribution in [1.29, 1.82) is 0 Å². The van der Waals surface area contributed by atoms with Gasteiger partial charge in [0, 0.05) is 11.3 Å². The van der Waals surface area contributed by atoms with Crippen LogP contribution in [0.3, 0.4) is 0 Å². The summed E-state index contributed by atoms with van der Waals surface area (Å²) in [5.74, 6) is 7.33. The van der Waals surface area contributed by atoms with Crippen molar-refractivity contribution in [3.63, 3.8) is 0 Å². The molecule has 0 bridgehead atoms. The molecule has 1 aliphatic rings. The molecular formula is C12H18O. The van der Waals surface area contributed by atoms with Gasteiger partial charge < -0.3 is 0 Å². The highest BCUT2D eigenvalue weighted by molar-refractivity contribution is 5.85. The first-order chi connectivity index (χ1) is 5.90. The Kier molecular flexibility index (Phi) is 2.81. The quantitative estimate of drug-likeness (QED) is 0.594. The van der Waals surface area contributed by atoms with E-state index in [1.54, 1.807) is 0 Å². The Balaban J connectivity index is 2.33. The Bertz CT molecular complexity index is 259. The summed E-state index contributed by atoms with van der Waals surface area (Å²) >= 11 is 0. The van der Waals surface area contributed by atoms with E-state index in [0.29, 0.717) is 24.0 Å². The van der Waals surface area contributed by atoms with Gasteiger partial charge in [-0.3, -0.25) is 4.79 Å². The summed E-state index contributed by atoms with van der Waals surface area (Å²) in [5.41, 5.74) is 0.0233. The van der Waals surface area contributed by atoms with E-state index in [1.807, 2.05) is 0 Å². The van der Waals surface area contributed by atoms with Crippen LogP contribution >= 0.6 is 0 Å². The molecule has 1 fully saturated rings. The zero-order chi connectivity index (χ0) is 10.1. The van der Waals surface area contributed by atoms with Gasteiger partial charge in [0.1, 0.15) is 5.78 Å². The van der Waals surface area contributed by atoms with Crippen molar-refractivity contribution in [2.24, 2.45) is 17.3 Å². The van der Waals surface area contributed by atoms with Crippen LogP contribution in [0.4, 0.5) is 0 Å². The fourth-order valence-corrected chi connectivity index (χ4v) is 1.30. The largest absolute Gasteiger partial charge is 0.298 e. The van der Waals surface area contributed by atoms with E-state index >= 15 is 0 Å². The standard InChI is InChI=1S/C12H18O/c1-9-8-10(9)11(13)6-5-7-12(2,3)4/h9-10H,6,8H2,1-4H3. The molecule has 2 unspecified atom stereocenters. The Hall–Kier alpha value is -0.770. The Morgan fingerprint density at radius 2 is 2.00 bits per heavy atom. The lowest BCUT2D eigenvalue weighted by molar-refractivity contribution is -0.119. The number of carbonyl (C=O) groups excluding carboxylic acids is 1. The molecule has 1 heteroatoms. The highest BCUT2D eigenvalue weighted by Gasteiger charge is 2.37. The van der Waals surface area contributed by atoms with Crippen molar-refractivity contribution in [2.45, 2.75) is 40.5 Å². The van der Waals surface area contributed by atoms with Gasteiger partial charge in [-0.15, -0.1) is 0 Å². The monoisotopic (exact) mass is 178 g/mol. The van der Waals surface area contributed by atoms with Gasteiger partial charge in [0.05, 0.1) is 6.42 Å². The minimum atomic E-state index is 0.0233. The van der Waals surface area contributed by atoms with Crippen molar-refractivity contribution in [3.05, 3.63) is 0 Å². The van der Waals surface area contributed by atoms with Crippen LogP contribution in [0.2, 0.25) is 0 Å². The average molecular weight is 178 g/mol. The molecule has 1 aliphatic carbocycles. The van der Waals surface area contributed by atoms with Crippen LogP contribution in [0.1, 0.15) is 40.5 Å².